The number of hydrogen-bond acceptors (Lipinski definition) is 5. The van der Waals surface area contributed by atoms with Gasteiger partial charge in [0, 0.05) is 19.5 Å². The van der Waals surface area contributed by atoms with E-state index >= 15 is 0 Å². The fraction of sp³-hybridized carbons (Fsp3) is 0.417. The molecular formula is C12H16FN5O. The van der Waals surface area contributed by atoms with Gasteiger partial charge in [0.1, 0.15) is 5.82 Å². The minimum absolute atomic E-state index is 0.279. The van der Waals surface area contributed by atoms with Crippen LogP contribution in [0.1, 0.15) is 12.5 Å². The Bertz CT molecular complexity index is 513. The molecule has 2 aromatic rings. The van der Waals surface area contributed by atoms with Crippen molar-refractivity contribution >= 4 is 5.95 Å². The summed E-state index contributed by atoms with van der Waals surface area (Å²) in [6.07, 6.45) is -0.145. The fourth-order valence-corrected chi connectivity index (χ4v) is 1.72. The van der Waals surface area contributed by atoms with Crippen LogP contribution >= 0.6 is 0 Å². The summed E-state index contributed by atoms with van der Waals surface area (Å²) in [6.45, 7) is 2.91. The molecular weight excluding hydrogens is 249 g/mol. The van der Waals surface area contributed by atoms with Crippen molar-refractivity contribution in [2.75, 3.05) is 11.9 Å². The highest BCUT2D eigenvalue weighted by atomic mass is 19.1. The van der Waals surface area contributed by atoms with Crippen molar-refractivity contribution < 1.29 is 9.50 Å². The Hall–Kier alpha value is -2.02. The van der Waals surface area contributed by atoms with Gasteiger partial charge in [-0.3, -0.25) is 0 Å². The summed E-state index contributed by atoms with van der Waals surface area (Å²) in [6, 6.07) is 6.09. The van der Waals surface area contributed by atoms with E-state index in [0.29, 0.717) is 25.5 Å². The van der Waals surface area contributed by atoms with Gasteiger partial charge in [-0.05, 0) is 35.0 Å². The smallest absolute Gasteiger partial charge is 0.242 e. The Morgan fingerprint density at radius 2 is 2.11 bits per heavy atom. The van der Waals surface area contributed by atoms with Crippen LogP contribution in [-0.2, 0) is 13.0 Å². The second-order valence-corrected chi connectivity index (χ2v) is 4.18. The van der Waals surface area contributed by atoms with E-state index in [1.807, 2.05) is 6.92 Å². The molecule has 7 heteroatoms. The van der Waals surface area contributed by atoms with E-state index in [1.165, 1.54) is 12.1 Å². The zero-order valence-electron chi connectivity index (χ0n) is 10.6. The molecule has 0 bridgehead atoms. The number of anilines is 1. The number of rotatable bonds is 6. The zero-order chi connectivity index (χ0) is 13.7. The Morgan fingerprint density at radius 1 is 1.37 bits per heavy atom. The minimum Gasteiger partial charge on any atom is -0.391 e. The molecule has 0 aliphatic carbocycles. The van der Waals surface area contributed by atoms with Crippen LogP contribution in [0.4, 0.5) is 10.3 Å². The first-order valence-corrected chi connectivity index (χ1v) is 6.11. The quantitative estimate of drug-likeness (QED) is 0.809. The molecule has 102 valence electrons. The van der Waals surface area contributed by atoms with Crippen LogP contribution in [0, 0.1) is 5.82 Å². The molecule has 0 spiro atoms. The van der Waals surface area contributed by atoms with E-state index in [2.05, 4.69) is 20.8 Å². The predicted molar refractivity (Wildman–Crippen MR) is 68.1 cm³/mol. The molecule has 1 heterocycles. The molecule has 2 N–H and O–H groups in total. The number of aliphatic hydroxyl groups excluding tert-OH is 1. The van der Waals surface area contributed by atoms with Gasteiger partial charge in [0.25, 0.3) is 0 Å². The molecule has 0 radical (unpaired) electrons. The number of nitrogens with zero attached hydrogens (tertiary/aromatic N) is 4. The second-order valence-electron chi connectivity index (χ2n) is 4.18. The molecule has 1 unspecified atom stereocenters. The van der Waals surface area contributed by atoms with Crippen molar-refractivity contribution in [1.82, 2.24) is 20.2 Å². The maximum atomic E-state index is 12.7. The van der Waals surface area contributed by atoms with Gasteiger partial charge in [0.15, 0.2) is 0 Å². The summed E-state index contributed by atoms with van der Waals surface area (Å²) in [5.74, 6) is 0.249. The van der Waals surface area contributed by atoms with Crippen molar-refractivity contribution in [3.8, 4) is 0 Å². The number of hydrogen-bond donors (Lipinski definition) is 2. The molecule has 0 amide bonds. The minimum atomic E-state index is -0.590. The summed E-state index contributed by atoms with van der Waals surface area (Å²) < 4.78 is 14.3. The molecule has 1 aromatic carbocycles. The lowest BCUT2D eigenvalue weighted by Crippen LogP contribution is -2.23. The van der Waals surface area contributed by atoms with Crippen LogP contribution in [0.3, 0.4) is 0 Å². The van der Waals surface area contributed by atoms with Gasteiger partial charge in [-0.2, -0.15) is 0 Å². The van der Waals surface area contributed by atoms with Crippen LogP contribution < -0.4 is 5.32 Å². The SMILES string of the molecule is CCn1nnnc1NCC(O)Cc1ccc(F)cc1. The molecule has 0 saturated heterocycles. The van der Waals surface area contributed by atoms with Crippen molar-refractivity contribution in [3.05, 3.63) is 35.6 Å². The van der Waals surface area contributed by atoms with Gasteiger partial charge in [-0.25, -0.2) is 9.07 Å². The van der Waals surface area contributed by atoms with E-state index in [1.54, 1.807) is 16.8 Å². The number of benzene rings is 1. The van der Waals surface area contributed by atoms with E-state index < -0.39 is 6.10 Å². The largest absolute Gasteiger partial charge is 0.391 e. The molecule has 0 saturated carbocycles. The Labute approximate surface area is 110 Å². The van der Waals surface area contributed by atoms with Gasteiger partial charge in [-0.1, -0.05) is 17.2 Å². The van der Waals surface area contributed by atoms with Gasteiger partial charge in [0.05, 0.1) is 6.10 Å². The average molecular weight is 265 g/mol. The maximum Gasteiger partial charge on any atom is 0.242 e. The van der Waals surface area contributed by atoms with E-state index in [9.17, 15) is 9.50 Å². The monoisotopic (exact) mass is 265 g/mol. The molecule has 6 nitrogen and oxygen atoms in total. The first-order chi connectivity index (χ1) is 9.19. The molecule has 19 heavy (non-hydrogen) atoms. The van der Waals surface area contributed by atoms with Gasteiger partial charge < -0.3 is 10.4 Å². The van der Waals surface area contributed by atoms with E-state index in [0.717, 1.165) is 5.56 Å². The number of aromatic nitrogens is 4. The summed E-state index contributed by atoms with van der Waals surface area (Å²) in [4.78, 5) is 0. The molecule has 1 aromatic heterocycles. The molecule has 0 aliphatic rings. The lowest BCUT2D eigenvalue weighted by atomic mass is 10.1. The van der Waals surface area contributed by atoms with Gasteiger partial charge in [0.2, 0.25) is 5.95 Å². The van der Waals surface area contributed by atoms with Crippen molar-refractivity contribution in [3.63, 3.8) is 0 Å². The zero-order valence-corrected chi connectivity index (χ0v) is 10.6. The van der Waals surface area contributed by atoms with Crippen LogP contribution in [0.2, 0.25) is 0 Å². The van der Waals surface area contributed by atoms with Crippen LogP contribution in [0.5, 0.6) is 0 Å². The lowest BCUT2D eigenvalue weighted by Gasteiger charge is -2.12. The van der Waals surface area contributed by atoms with Crippen molar-refractivity contribution in [2.45, 2.75) is 26.0 Å². The average Bonchev–Trinajstić information content (AvgIpc) is 2.86. The third-order valence-electron chi connectivity index (χ3n) is 2.71. The maximum absolute atomic E-state index is 12.7. The van der Waals surface area contributed by atoms with Crippen molar-refractivity contribution in [1.29, 1.82) is 0 Å². The Kier molecular flexibility index (Phi) is 4.40. The first-order valence-electron chi connectivity index (χ1n) is 6.11. The number of tetrazole rings is 1. The van der Waals surface area contributed by atoms with Crippen LogP contribution in [0.25, 0.3) is 0 Å². The first kappa shape index (κ1) is 13.4. The standard InChI is InChI=1S/C12H16FN5O/c1-2-18-12(15-16-17-18)14-8-11(19)7-9-3-5-10(13)6-4-9/h3-6,11,19H,2,7-8H2,1H3,(H,14,15,17). The topological polar surface area (TPSA) is 75.9 Å². The van der Waals surface area contributed by atoms with Gasteiger partial charge >= 0.3 is 0 Å². The fourth-order valence-electron chi connectivity index (χ4n) is 1.72. The Balaban J connectivity index is 1.84. The number of halogens is 1. The highest BCUT2D eigenvalue weighted by Gasteiger charge is 2.09. The predicted octanol–water partition coefficient (Wildman–Crippen LogP) is 0.848. The van der Waals surface area contributed by atoms with Crippen LogP contribution in [-0.4, -0.2) is 38.0 Å². The van der Waals surface area contributed by atoms with Crippen molar-refractivity contribution in [2.24, 2.45) is 0 Å². The number of aliphatic hydroxyl groups is 1. The highest BCUT2D eigenvalue weighted by molar-refractivity contribution is 5.22. The third kappa shape index (κ3) is 3.72. The lowest BCUT2D eigenvalue weighted by molar-refractivity contribution is 0.187. The molecule has 0 aliphatic heterocycles. The third-order valence-corrected chi connectivity index (χ3v) is 2.71. The summed E-state index contributed by atoms with van der Waals surface area (Å²) in [5, 5.41) is 24.0. The second kappa shape index (κ2) is 6.24. The van der Waals surface area contributed by atoms with E-state index in [-0.39, 0.29) is 5.82 Å². The highest BCUT2D eigenvalue weighted by Crippen LogP contribution is 2.07. The summed E-state index contributed by atoms with van der Waals surface area (Å²) in [5.41, 5.74) is 0.880. The molecule has 2 rings (SSSR count). The van der Waals surface area contributed by atoms with E-state index in [4.69, 9.17) is 0 Å². The van der Waals surface area contributed by atoms with Crippen LogP contribution in [0.15, 0.2) is 24.3 Å². The normalized spacial score (nSPS) is 12.4. The summed E-state index contributed by atoms with van der Waals surface area (Å²) in [7, 11) is 0. The molecule has 0 fully saturated rings. The number of aryl methyl sites for hydroxylation is 1. The van der Waals surface area contributed by atoms with Gasteiger partial charge in [-0.15, -0.1) is 0 Å². The Morgan fingerprint density at radius 3 is 2.79 bits per heavy atom. The molecule has 1 atom stereocenters. The number of nitrogens with one attached hydrogen (secondary N) is 1. The summed E-state index contributed by atoms with van der Waals surface area (Å²) >= 11 is 0.